The lowest BCUT2D eigenvalue weighted by atomic mass is 10.1. The summed E-state index contributed by atoms with van der Waals surface area (Å²) in [6.07, 6.45) is 2.94. The minimum absolute atomic E-state index is 0.203. The highest BCUT2D eigenvalue weighted by molar-refractivity contribution is 6.37. The number of halogens is 1. The Morgan fingerprint density at radius 2 is 1.77 bits per heavy atom. The molecule has 7 heteroatoms. The van der Waals surface area contributed by atoms with Gasteiger partial charge in [-0.25, -0.2) is 4.79 Å². The third kappa shape index (κ3) is 3.56. The first-order chi connectivity index (χ1) is 14.5. The van der Waals surface area contributed by atoms with Gasteiger partial charge in [-0.05, 0) is 44.2 Å². The number of hydrogen-bond acceptors (Lipinski definition) is 4. The number of fused-ring (bicyclic) bond motifs is 1. The second-order valence-corrected chi connectivity index (χ2v) is 7.45. The lowest BCUT2D eigenvalue weighted by Gasteiger charge is -2.28. The van der Waals surface area contributed by atoms with Gasteiger partial charge in [-0.15, -0.1) is 4.99 Å². The summed E-state index contributed by atoms with van der Waals surface area (Å²) in [5.74, 6) is 5.96. The summed E-state index contributed by atoms with van der Waals surface area (Å²) >= 11 is 6.47. The molecule has 1 atom stereocenters. The first-order valence-corrected chi connectivity index (χ1v) is 9.81. The van der Waals surface area contributed by atoms with Crippen molar-refractivity contribution in [2.45, 2.75) is 25.9 Å². The fraction of sp³-hybridized carbons (Fsp3) is 0.174. The monoisotopic (exact) mass is 417 g/mol. The van der Waals surface area contributed by atoms with Crippen LogP contribution in [0.1, 0.15) is 25.0 Å². The number of anilines is 1. The van der Waals surface area contributed by atoms with Crippen LogP contribution in [0.25, 0.3) is 0 Å². The number of amides is 3. The van der Waals surface area contributed by atoms with Gasteiger partial charge in [-0.1, -0.05) is 41.6 Å². The van der Waals surface area contributed by atoms with Gasteiger partial charge in [-0.3, -0.25) is 9.79 Å². The number of amidine groups is 1. The van der Waals surface area contributed by atoms with Crippen molar-refractivity contribution in [3.05, 3.63) is 64.7 Å². The molecule has 2 aliphatic rings. The SMILES string of the molecule is CC(C)[N+]1=C2N=CC=NC2C(=O)N(c2ccc(C#Cc3ccccc3)cc2Cl)C1=O. The van der Waals surface area contributed by atoms with Crippen LogP contribution in [0.3, 0.4) is 0 Å². The van der Waals surface area contributed by atoms with Crippen LogP contribution in [0.4, 0.5) is 10.5 Å². The van der Waals surface area contributed by atoms with Gasteiger partial charge >= 0.3 is 11.9 Å². The maximum Gasteiger partial charge on any atom is 0.451 e. The number of aliphatic imine (C=N–C) groups is 2. The van der Waals surface area contributed by atoms with Gasteiger partial charge in [-0.2, -0.15) is 9.48 Å². The molecule has 1 unspecified atom stereocenters. The standard InChI is InChI=1S/C23H18ClN4O2/c1-15(2)27-21-20(25-12-13-26-21)22(29)28(23(27)30)19-11-10-17(14-18(19)24)9-8-16-6-4-3-5-7-16/h3-7,10-15,20H,1-2H3/q+1. The van der Waals surface area contributed by atoms with Gasteiger partial charge in [0.15, 0.2) is 0 Å². The Balaban J connectivity index is 1.72. The minimum Gasteiger partial charge on any atom is -0.264 e. The van der Waals surface area contributed by atoms with Gasteiger partial charge in [0.1, 0.15) is 11.9 Å². The van der Waals surface area contributed by atoms with Gasteiger partial charge in [0.2, 0.25) is 6.04 Å². The van der Waals surface area contributed by atoms with Crippen LogP contribution in [0.15, 0.2) is 58.5 Å². The van der Waals surface area contributed by atoms with Crippen molar-refractivity contribution >= 4 is 47.5 Å². The fourth-order valence-electron chi connectivity index (χ4n) is 3.30. The van der Waals surface area contributed by atoms with E-state index in [1.807, 2.05) is 44.2 Å². The average molecular weight is 418 g/mol. The van der Waals surface area contributed by atoms with Gasteiger partial charge in [0, 0.05) is 11.1 Å². The minimum atomic E-state index is -0.872. The van der Waals surface area contributed by atoms with Crippen LogP contribution in [-0.4, -0.2) is 46.9 Å². The van der Waals surface area contributed by atoms with Crippen LogP contribution in [0.2, 0.25) is 5.02 Å². The van der Waals surface area contributed by atoms with Crippen LogP contribution in [0.5, 0.6) is 0 Å². The van der Waals surface area contributed by atoms with E-state index in [0.29, 0.717) is 17.1 Å². The Kier molecular flexibility index (Phi) is 5.30. The van der Waals surface area contributed by atoms with E-state index in [4.69, 9.17) is 11.6 Å². The van der Waals surface area contributed by atoms with Crippen LogP contribution in [0, 0.1) is 11.8 Å². The lowest BCUT2D eigenvalue weighted by molar-refractivity contribution is -0.464. The maximum atomic E-state index is 13.2. The van der Waals surface area contributed by atoms with E-state index in [-0.39, 0.29) is 11.1 Å². The maximum absolute atomic E-state index is 13.2. The molecule has 148 valence electrons. The highest BCUT2D eigenvalue weighted by atomic mass is 35.5. The highest BCUT2D eigenvalue weighted by Gasteiger charge is 2.49. The highest BCUT2D eigenvalue weighted by Crippen LogP contribution is 2.30. The number of urea groups is 1. The Bertz CT molecular complexity index is 1190. The zero-order valence-corrected chi connectivity index (χ0v) is 17.2. The molecule has 0 aromatic heterocycles. The molecule has 3 amide bonds. The molecule has 6 nitrogen and oxygen atoms in total. The number of hydrogen-bond donors (Lipinski definition) is 0. The van der Waals surface area contributed by atoms with Crippen molar-refractivity contribution < 1.29 is 14.2 Å². The van der Waals surface area contributed by atoms with E-state index in [2.05, 4.69) is 21.8 Å². The molecule has 2 aromatic rings. The van der Waals surface area contributed by atoms with E-state index in [9.17, 15) is 9.59 Å². The van der Waals surface area contributed by atoms with E-state index < -0.39 is 18.0 Å². The molecule has 2 aliphatic heterocycles. The Morgan fingerprint density at radius 1 is 1.03 bits per heavy atom. The second-order valence-electron chi connectivity index (χ2n) is 7.04. The van der Waals surface area contributed by atoms with Crippen molar-refractivity contribution in [2.75, 3.05) is 4.90 Å². The normalized spacial score (nSPS) is 17.9. The summed E-state index contributed by atoms with van der Waals surface area (Å²) in [6, 6.07) is 13.0. The molecule has 0 N–H and O–H groups in total. The van der Waals surface area contributed by atoms with Crippen molar-refractivity contribution in [3.8, 4) is 11.8 Å². The summed E-state index contributed by atoms with van der Waals surface area (Å²) in [5.41, 5.74) is 1.86. The molecule has 0 saturated heterocycles. The molecule has 2 heterocycles. The largest absolute Gasteiger partial charge is 0.451 e. The number of nitrogens with zero attached hydrogens (tertiary/aromatic N) is 4. The van der Waals surface area contributed by atoms with E-state index in [1.165, 1.54) is 17.0 Å². The number of imide groups is 1. The summed E-state index contributed by atoms with van der Waals surface area (Å²) in [6.45, 7) is 3.71. The van der Waals surface area contributed by atoms with Crippen LogP contribution >= 0.6 is 11.6 Å². The number of carbonyl (C=O) groups is 2. The van der Waals surface area contributed by atoms with E-state index >= 15 is 0 Å². The first kappa shape index (κ1) is 19.7. The molecule has 0 radical (unpaired) electrons. The van der Waals surface area contributed by atoms with Crippen molar-refractivity contribution in [1.29, 1.82) is 0 Å². The average Bonchev–Trinajstić information content (AvgIpc) is 2.74. The summed E-state index contributed by atoms with van der Waals surface area (Å²) < 4.78 is 1.47. The molecule has 2 aromatic carbocycles. The lowest BCUT2D eigenvalue weighted by Crippen LogP contribution is -2.58. The predicted molar refractivity (Wildman–Crippen MR) is 118 cm³/mol. The van der Waals surface area contributed by atoms with E-state index in [0.717, 1.165) is 10.5 Å². The molecule has 30 heavy (non-hydrogen) atoms. The van der Waals surface area contributed by atoms with Crippen molar-refractivity contribution in [2.24, 2.45) is 9.98 Å². The van der Waals surface area contributed by atoms with Gasteiger partial charge in [0.25, 0.3) is 5.84 Å². The van der Waals surface area contributed by atoms with Crippen LogP contribution in [-0.2, 0) is 4.79 Å². The van der Waals surface area contributed by atoms with Crippen LogP contribution < -0.4 is 4.90 Å². The Labute approximate surface area is 179 Å². The third-order valence-electron chi connectivity index (χ3n) is 4.68. The molecular formula is C23H18ClN4O2+. The molecule has 0 spiro atoms. The molecule has 0 aliphatic carbocycles. The van der Waals surface area contributed by atoms with Gasteiger partial charge < -0.3 is 0 Å². The number of rotatable bonds is 2. The van der Waals surface area contributed by atoms with Crippen molar-refractivity contribution in [3.63, 3.8) is 0 Å². The summed E-state index contributed by atoms with van der Waals surface area (Å²) in [5, 5.41) is 0.256. The quantitative estimate of drug-likeness (QED) is 0.554. The fourth-order valence-corrected chi connectivity index (χ4v) is 3.57. The summed E-state index contributed by atoms with van der Waals surface area (Å²) in [4.78, 5) is 35.8. The third-order valence-corrected chi connectivity index (χ3v) is 4.98. The molecule has 4 rings (SSSR count). The zero-order chi connectivity index (χ0) is 21.3. The number of benzene rings is 2. The second kappa shape index (κ2) is 8.05. The molecular weight excluding hydrogens is 400 g/mol. The summed E-state index contributed by atoms with van der Waals surface area (Å²) in [7, 11) is 0. The molecule has 0 bridgehead atoms. The molecule has 0 saturated carbocycles. The smallest absolute Gasteiger partial charge is 0.264 e. The topological polar surface area (TPSA) is 65.1 Å². The van der Waals surface area contributed by atoms with E-state index in [1.54, 1.807) is 18.2 Å². The van der Waals surface area contributed by atoms with Crippen molar-refractivity contribution in [1.82, 2.24) is 0 Å². The zero-order valence-electron chi connectivity index (χ0n) is 16.4. The predicted octanol–water partition coefficient (Wildman–Crippen LogP) is 3.55. The Morgan fingerprint density at radius 3 is 2.47 bits per heavy atom. The van der Waals surface area contributed by atoms with Gasteiger partial charge in [0.05, 0.1) is 17.3 Å². The first-order valence-electron chi connectivity index (χ1n) is 9.44. The Hall–Kier alpha value is -3.56. The number of carbonyl (C=O) groups excluding carboxylic acids is 2. The molecule has 0 fully saturated rings.